The maximum absolute atomic E-state index is 4.35. The van der Waals surface area contributed by atoms with Crippen molar-refractivity contribution in [1.29, 1.82) is 0 Å². The average Bonchev–Trinajstić information content (AvgIpc) is 2.02. The second kappa shape index (κ2) is 3.18. The third-order valence-electron chi connectivity index (χ3n) is 2.14. The van der Waals surface area contributed by atoms with Gasteiger partial charge in [-0.25, -0.2) is 4.98 Å². The molecule has 1 aliphatic rings. The molecule has 70 valence electrons. The van der Waals surface area contributed by atoms with Gasteiger partial charge in [-0.15, -0.1) is 0 Å². The van der Waals surface area contributed by atoms with E-state index in [0.717, 1.165) is 22.5 Å². The van der Waals surface area contributed by atoms with E-state index in [1.807, 2.05) is 6.20 Å². The molecule has 0 aliphatic carbocycles. The number of anilines is 2. The molecule has 13 heavy (non-hydrogen) atoms. The summed E-state index contributed by atoms with van der Waals surface area (Å²) < 4.78 is 1.02. The SMILES string of the molecule is CC1CN(C)c2ncc(Br)cc2N1. The van der Waals surface area contributed by atoms with E-state index in [1.165, 1.54) is 0 Å². The van der Waals surface area contributed by atoms with Gasteiger partial charge in [-0.1, -0.05) is 0 Å². The van der Waals surface area contributed by atoms with E-state index in [0.29, 0.717) is 6.04 Å². The largest absolute Gasteiger partial charge is 0.378 e. The monoisotopic (exact) mass is 241 g/mol. The zero-order chi connectivity index (χ0) is 9.42. The second-order valence-corrected chi connectivity index (χ2v) is 4.37. The summed E-state index contributed by atoms with van der Waals surface area (Å²) >= 11 is 3.41. The Morgan fingerprint density at radius 3 is 3.23 bits per heavy atom. The fraction of sp³-hybridized carbons (Fsp3) is 0.444. The van der Waals surface area contributed by atoms with Crippen LogP contribution in [0.3, 0.4) is 0 Å². The molecule has 0 aromatic carbocycles. The van der Waals surface area contributed by atoms with Crippen molar-refractivity contribution >= 4 is 27.4 Å². The summed E-state index contributed by atoms with van der Waals surface area (Å²) in [7, 11) is 2.07. The van der Waals surface area contributed by atoms with Gasteiger partial charge in [-0.2, -0.15) is 0 Å². The Balaban J connectivity index is 2.43. The molecule has 0 saturated heterocycles. The van der Waals surface area contributed by atoms with Gasteiger partial charge in [0.1, 0.15) is 0 Å². The number of hydrogen-bond donors (Lipinski definition) is 1. The normalized spacial score (nSPS) is 20.8. The molecule has 1 atom stereocenters. The van der Waals surface area contributed by atoms with Crippen molar-refractivity contribution in [2.75, 3.05) is 23.8 Å². The zero-order valence-corrected chi connectivity index (χ0v) is 9.30. The number of rotatable bonds is 0. The minimum absolute atomic E-state index is 0.480. The van der Waals surface area contributed by atoms with Crippen molar-refractivity contribution in [2.45, 2.75) is 13.0 Å². The first-order valence-electron chi connectivity index (χ1n) is 4.30. The maximum Gasteiger partial charge on any atom is 0.151 e. The van der Waals surface area contributed by atoms with Crippen LogP contribution in [0.5, 0.6) is 0 Å². The topological polar surface area (TPSA) is 28.2 Å². The van der Waals surface area contributed by atoms with Crippen LogP contribution in [0.4, 0.5) is 11.5 Å². The second-order valence-electron chi connectivity index (χ2n) is 3.45. The molecule has 0 amide bonds. The molecular weight excluding hydrogens is 230 g/mol. The molecule has 0 saturated carbocycles. The first-order valence-corrected chi connectivity index (χ1v) is 5.09. The average molecular weight is 242 g/mol. The zero-order valence-electron chi connectivity index (χ0n) is 7.71. The van der Waals surface area contributed by atoms with E-state index < -0.39 is 0 Å². The Morgan fingerprint density at radius 1 is 1.69 bits per heavy atom. The quantitative estimate of drug-likeness (QED) is 0.755. The summed E-state index contributed by atoms with van der Waals surface area (Å²) in [6.07, 6.45) is 1.83. The summed E-state index contributed by atoms with van der Waals surface area (Å²) in [5.41, 5.74) is 1.11. The minimum Gasteiger partial charge on any atom is -0.378 e. The van der Waals surface area contributed by atoms with Crippen molar-refractivity contribution in [3.8, 4) is 0 Å². The van der Waals surface area contributed by atoms with Crippen LogP contribution in [0.15, 0.2) is 16.7 Å². The third kappa shape index (κ3) is 1.63. The van der Waals surface area contributed by atoms with Crippen molar-refractivity contribution in [3.05, 3.63) is 16.7 Å². The molecule has 0 spiro atoms. The van der Waals surface area contributed by atoms with E-state index in [4.69, 9.17) is 0 Å². The predicted molar refractivity (Wildman–Crippen MR) is 58.3 cm³/mol. The first kappa shape index (κ1) is 8.81. The van der Waals surface area contributed by atoms with Gasteiger partial charge in [0.05, 0.1) is 5.69 Å². The van der Waals surface area contributed by atoms with Crippen LogP contribution >= 0.6 is 15.9 Å². The number of hydrogen-bond acceptors (Lipinski definition) is 3. The van der Waals surface area contributed by atoms with Crippen LogP contribution in [0.25, 0.3) is 0 Å². The number of fused-ring (bicyclic) bond motifs is 1. The highest BCUT2D eigenvalue weighted by Crippen LogP contribution is 2.29. The number of nitrogens with zero attached hydrogens (tertiary/aromatic N) is 2. The lowest BCUT2D eigenvalue weighted by Gasteiger charge is -2.31. The Bertz CT molecular complexity index is 327. The molecule has 4 heteroatoms. The van der Waals surface area contributed by atoms with E-state index in [2.05, 4.69) is 51.2 Å². The minimum atomic E-state index is 0.480. The Kier molecular flexibility index (Phi) is 2.15. The predicted octanol–water partition coefficient (Wildman–Crippen LogP) is 2.09. The highest BCUT2D eigenvalue weighted by molar-refractivity contribution is 9.10. The molecule has 3 nitrogen and oxygen atoms in total. The lowest BCUT2D eigenvalue weighted by molar-refractivity contribution is 0.727. The van der Waals surface area contributed by atoms with Crippen molar-refractivity contribution in [2.24, 2.45) is 0 Å². The molecule has 0 radical (unpaired) electrons. The molecule has 0 bridgehead atoms. The summed E-state index contributed by atoms with van der Waals surface area (Å²) in [6, 6.07) is 2.54. The highest BCUT2D eigenvalue weighted by Gasteiger charge is 2.18. The van der Waals surface area contributed by atoms with Crippen LogP contribution < -0.4 is 10.2 Å². The molecule has 1 N–H and O–H groups in total. The van der Waals surface area contributed by atoms with E-state index in [-0.39, 0.29) is 0 Å². The van der Waals surface area contributed by atoms with E-state index >= 15 is 0 Å². The summed E-state index contributed by atoms with van der Waals surface area (Å²) in [6.45, 7) is 3.17. The number of nitrogens with one attached hydrogen (secondary N) is 1. The number of likely N-dealkylation sites (N-methyl/N-ethyl adjacent to an activating group) is 1. The van der Waals surface area contributed by atoms with Crippen molar-refractivity contribution in [1.82, 2.24) is 4.98 Å². The van der Waals surface area contributed by atoms with Gasteiger partial charge in [0.2, 0.25) is 0 Å². The summed E-state index contributed by atoms with van der Waals surface area (Å²) in [5.74, 6) is 1.03. The first-order chi connectivity index (χ1) is 6.16. The number of pyridine rings is 1. The van der Waals surface area contributed by atoms with Crippen LogP contribution in [0.2, 0.25) is 0 Å². The molecule has 1 aliphatic heterocycles. The molecule has 1 unspecified atom stereocenters. The summed E-state index contributed by atoms with van der Waals surface area (Å²) in [5, 5.41) is 3.40. The van der Waals surface area contributed by atoms with Crippen LogP contribution in [0, 0.1) is 0 Å². The fourth-order valence-corrected chi connectivity index (χ4v) is 1.98. The molecular formula is C9H12BrN3. The fourth-order valence-electron chi connectivity index (χ4n) is 1.65. The van der Waals surface area contributed by atoms with Gasteiger partial charge in [0, 0.05) is 30.3 Å². The standard InChI is InChI=1S/C9H12BrN3/c1-6-5-13(2)9-8(12-6)3-7(10)4-11-9/h3-4,6,12H,5H2,1-2H3. The van der Waals surface area contributed by atoms with Gasteiger partial charge in [0.15, 0.2) is 5.82 Å². The van der Waals surface area contributed by atoms with Crippen LogP contribution in [-0.4, -0.2) is 24.6 Å². The molecule has 1 aromatic heterocycles. The van der Waals surface area contributed by atoms with Crippen LogP contribution in [-0.2, 0) is 0 Å². The van der Waals surface area contributed by atoms with Gasteiger partial charge in [-0.05, 0) is 28.9 Å². The van der Waals surface area contributed by atoms with E-state index in [9.17, 15) is 0 Å². The lowest BCUT2D eigenvalue weighted by atomic mass is 10.2. The smallest absolute Gasteiger partial charge is 0.151 e. The number of halogens is 1. The molecule has 2 heterocycles. The van der Waals surface area contributed by atoms with Gasteiger partial charge < -0.3 is 10.2 Å². The Morgan fingerprint density at radius 2 is 2.46 bits per heavy atom. The van der Waals surface area contributed by atoms with Crippen molar-refractivity contribution in [3.63, 3.8) is 0 Å². The van der Waals surface area contributed by atoms with Crippen LogP contribution in [0.1, 0.15) is 6.92 Å². The lowest BCUT2D eigenvalue weighted by Crippen LogP contribution is -2.37. The Labute approximate surface area is 86.3 Å². The number of aromatic nitrogens is 1. The van der Waals surface area contributed by atoms with Gasteiger partial charge in [-0.3, -0.25) is 0 Å². The summed E-state index contributed by atoms with van der Waals surface area (Å²) in [4.78, 5) is 6.52. The van der Waals surface area contributed by atoms with Gasteiger partial charge in [0.25, 0.3) is 0 Å². The maximum atomic E-state index is 4.35. The molecule has 0 fully saturated rings. The highest BCUT2D eigenvalue weighted by atomic mass is 79.9. The van der Waals surface area contributed by atoms with E-state index in [1.54, 1.807) is 0 Å². The Hall–Kier alpha value is -0.770. The van der Waals surface area contributed by atoms with Crippen molar-refractivity contribution < 1.29 is 0 Å². The van der Waals surface area contributed by atoms with Gasteiger partial charge >= 0.3 is 0 Å². The molecule has 2 rings (SSSR count). The third-order valence-corrected chi connectivity index (χ3v) is 2.58. The molecule has 1 aromatic rings.